The van der Waals surface area contributed by atoms with E-state index in [9.17, 15) is 14.7 Å². The highest BCUT2D eigenvalue weighted by Crippen LogP contribution is 2.45. The molecule has 0 bridgehead atoms. The van der Waals surface area contributed by atoms with Crippen LogP contribution in [0.3, 0.4) is 0 Å². The molecule has 9 heteroatoms. The van der Waals surface area contributed by atoms with E-state index in [0.717, 1.165) is 26.9 Å². The quantitative estimate of drug-likeness (QED) is 0.165. The van der Waals surface area contributed by atoms with Gasteiger partial charge in [-0.3, -0.25) is 14.5 Å². The number of benzene rings is 3. The van der Waals surface area contributed by atoms with E-state index in [0.29, 0.717) is 10.7 Å². The molecule has 5 rings (SSSR count). The van der Waals surface area contributed by atoms with Gasteiger partial charge in [-0.1, -0.05) is 64.4 Å². The number of aryl methyl sites for hydroxylation is 3. The molecule has 1 amide bonds. The molecule has 0 radical (unpaired) electrons. The van der Waals surface area contributed by atoms with Crippen molar-refractivity contribution >= 4 is 67.3 Å². The lowest BCUT2D eigenvalue weighted by Crippen LogP contribution is -2.29. The predicted molar refractivity (Wildman–Crippen MR) is 148 cm³/mol. The lowest BCUT2D eigenvalue weighted by molar-refractivity contribution is -0.132. The number of ether oxygens (including phenoxy) is 1. The molecule has 1 atom stereocenters. The molecule has 2 heterocycles. The van der Waals surface area contributed by atoms with E-state index in [1.807, 2.05) is 57.2 Å². The first-order valence-corrected chi connectivity index (χ1v) is 13.0. The third kappa shape index (κ3) is 4.27. The molecule has 1 saturated heterocycles. The number of methoxy groups -OCH3 is 1. The zero-order chi connectivity index (χ0) is 26.6. The zero-order valence-corrected chi connectivity index (χ0v) is 22.8. The van der Waals surface area contributed by atoms with Gasteiger partial charge in [0, 0.05) is 5.56 Å². The molecular formula is C28H22Cl2N2O4S. The Morgan fingerprint density at radius 1 is 1.03 bits per heavy atom. The molecule has 1 aliphatic heterocycles. The van der Waals surface area contributed by atoms with Gasteiger partial charge < -0.3 is 9.84 Å². The molecule has 188 valence electrons. The van der Waals surface area contributed by atoms with Crippen molar-refractivity contribution in [3.63, 3.8) is 0 Å². The number of carbonyl (C=O) groups is 2. The van der Waals surface area contributed by atoms with E-state index in [2.05, 4.69) is 0 Å². The van der Waals surface area contributed by atoms with Crippen molar-refractivity contribution in [1.82, 2.24) is 4.98 Å². The Balaban J connectivity index is 1.75. The first-order chi connectivity index (χ1) is 17.6. The molecule has 1 unspecified atom stereocenters. The fraction of sp³-hybridized carbons (Fsp3) is 0.179. The van der Waals surface area contributed by atoms with Crippen LogP contribution in [0.5, 0.6) is 5.75 Å². The number of nitrogens with zero attached hydrogens (tertiary/aromatic N) is 2. The summed E-state index contributed by atoms with van der Waals surface area (Å²) in [6.07, 6.45) is 0. The Kier molecular flexibility index (Phi) is 6.48. The van der Waals surface area contributed by atoms with Gasteiger partial charge in [0.15, 0.2) is 10.9 Å². The number of hydrogen-bond acceptors (Lipinski definition) is 6. The van der Waals surface area contributed by atoms with Gasteiger partial charge in [0.1, 0.15) is 5.76 Å². The average Bonchev–Trinajstić information content (AvgIpc) is 3.36. The van der Waals surface area contributed by atoms with Crippen LogP contribution in [0.15, 0.2) is 54.1 Å². The van der Waals surface area contributed by atoms with Gasteiger partial charge in [-0.05, 0) is 61.7 Å². The molecule has 6 nitrogen and oxygen atoms in total. The Morgan fingerprint density at radius 2 is 1.70 bits per heavy atom. The smallest absolute Gasteiger partial charge is 0.301 e. The average molecular weight is 553 g/mol. The first-order valence-electron chi connectivity index (χ1n) is 11.4. The fourth-order valence-corrected chi connectivity index (χ4v) is 6.22. The number of thiazole rings is 1. The molecule has 4 aromatic rings. The summed E-state index contributed by atoms with van der Waals surface area (Å²) in [5.41, 5.74) is 4.65. The number of halogens is 2. The molecule has 0 spiro atoms. The minimum Gasteiger partial charge on any atom is -0.507 e. The van der Waals surface area contributed by atoms with Gasteiger partial charge in [0.05, 0.1) is 39.0 Å². The second-order valence-corrected chi connectivity index (χ2v) is 10.8. The number of anilines is 1. The van der Waals surface area contributed by atoms with Crippen molar-refractivity contribution in [2.45, 2.75) is 26.8 Å². The van der Waals surface area contributed by atoms with Gasteiger partial charge in [-0.25, -0.2) is 4.98 Å². The van der Waals surface area contributed by atoms with Crippen LogP contribution in [0, 0.1) is 20.8 Å². The van der Waals surface area contributed by atoms with Gasteiger partial charge in [0.25, 0.3) is 5.78 Å². The largest absolute Gasteiger partial charge is 0.507 e. The molecule has 0 saturated carbocycles. The number of fused-ring (bicyclic) bond motifs is 1. The molecule has 0 aliphatic carbocycles. The lowest BCUT2D eigenvalue weighted by atomic mass is 9.94. The van der Waals surface area contributed by atoms with Crippen molar-refractivity contribution in [2.75, 3.05) is 12.0 Å². The maximum absolute atomic E-state index is 13.5. The van der Waals surface area contributed by atoms with Crippen molar-refractivity contribution in [3.05, 3.63) is 92.0 Å². The highest BCUT2D eigenvalue weighted by atomic mass is 35.5. The van der Waals surface area contributed by atoms with Crippen molar-refractivity contribution < 1.29 is 19.4 Å². The summed E-state index contributed by atoms with van der Waals surface area (Å²) >= 11 is 13.9. The van der Waals surface area contributed by atoms with Crippen LogP contribution >= 0.6 is 34.5 Å². The van der Waals surface area contributed by atoms with Gasteiger partial charge in [-0.2, -0.15) is 0 Å². The van der Waals surface area contributed by atoms with Crippen LogP contribution in [0.2, 0.25) is 10.0 Å². The van der Waals surface area contributed by atoms with Gasteiger partial charge >= 0.3 is 5.91 Å². The third-order valence-electron chi connectivity index (χ3n) is 6.48. The predicted octanol–water partition coefficient (Wildman–Crippen LogP) is 7.16. The molecule has 1 fully saturated rings. The molecular weight excluding hydrogens is 531 g/mol. The Labute approximate surface area is 227 Å². The number of carbonyl (C=O) groups excluding carboxylic acids is 2. The van der Waals surface area contributed by atoms with Gasteiger partial charge in [-0.15, -0.1) is 0 Å². The standard InChI is InChI=1S/C28H22Cl2N2O4S/c1-13-6-5-7-16(8-13)23-22(24(33)17-11-18(29)26(36-4)19(30)12-17)25(34)27(35)32(23)28-31-20-9-14(2)15(3)10-21(20)37-28/h5-12,23,33H,1-4H3/b24-22+. The fourth-order valence-electron chi connectivity index (χ4n) is 4.50. The Morgan fingerprint density at radius 3 is 2.35 bits per heavy atom. The summed E-state index contributed by atoms with van der Waals surface area (Å²) in [5, 5.41) is 12.1. The van der Waals surface area contributed by atoms with Crippen LogP contribution < -0.4 is 9.64 Å². The minimum atomic E-state index is -0.901. The van der Waals surface area contributed by atoms with E-state index < -0.39 is 17.7 Å². The second kappa shape index (κ2) is 9.49. The topological polar surface area (TPSA) is 79.7 Å². The summed E-state index contributed by atoms with van der Waals surface area (Å²) < 4.78 is 6.10. The SMILES string of the molecule is COc1c(Cl)cc(/C(O)=C2\C(=O)C(=O)N(c3nc4cc(C)c(C)cc4s3)C2c2cccc(C)c2)cc1Cl. The highest BCUT2D eigenvalue weighted by molar-refractivity contribution is 7.22. The molecule has 37 heavy (non-hydrogen) atoms. The van der Waals surface area contributed by atoms with E-state index in [-0.39, 0.29) is 32.7 Å². The molecule has 1 N–H and O–H groups in total. The number of aliphatic hydroxyl groups excluding tert-OH is 1. The van der Waals surface area contributed by atoms with E-state index >= 15 is 0 Å². The van der Waals surface area contributed by atoms with Crippen molar-refractivity contribution in [3.8, 4) is 5.75 Å². The van der Waals surface area contributed by atoms with Crippen LogP contribution in [0.1, 0.15) is 33.9 Å². The summed E-state index contributed by atoms with van der Waals surface area (Å²) in [6, 6.07) is 13.4. The van der Waals surface area contributed by atoms with Gasteiger partial charge in [0.2, 0.25) is 0 Å². The summed E-state index contributed by atoms with van der Waals surface area (Å²) in [4.78, 5) is 33.0. The van der Waals surface area contributed by atoms with E-state index in [1.54, 1.807) is 0 Å². The number of ketones is 1. The summed E-state index contributed by atoms with van der Waals surface area (Å²) in [6.45, 7) is 5.93. The zero-order valence-electron chi connectivity index (χ0n) is 20.4. The normalized spacial score (nSPS) is 17.1. The second-order valence-electron chi connectivity index (χ2n) is 8.96. The summed E-state index contributed by atoms with van der Waals surface area (Å²) in [5.74, 6) is -1.73. The number of amides is 1. The Hall–Kier alpha value is -3.39. The maximum atomic E-state index is 13.5. The van der Waals surface area contributed by atoms with E-state index in [4.69, 9.17) is 32.9 Å². The van der Waals surface area contributed by atoms with Crippen LogP contribution in [-0.2, 0) is 9.59 Å². The molecule has 1 aromatic heterocycles. The van der Waals surface area contributed by atoms with Crippen LogP contribution in [0.4, 0.5) is 5.13 Å². The third-order valence-corrected chi connectivity index (χ3v) is 8.06. The van der Waals surface area contributed by atoms with Crippen LogP contribution in [0.25, 0.3) is 16.0 Å². The Bertz CT molecular complexity index is 1580. The van der Waals surface area contributed by atoms with Crippen molar-refractivity contribution in [2.24, 2.45) is 0 Å². The number of rotatable bonds is 4. The number of hydrogen-bond donors (Lipinski definition) is 1. The van der Waals surface area contributed by atoms with E-state index in [1.165, 1.54) is 35.5 Å². The molecule has 3 aromatic carbocycles. The highest BCUT2D eigenvalue weighted by Gasteiger charge is 2.48. The first kappa shape index (κ1) is 25.3. The minimum absolute atomic E-state index is 0.0699. The lowest BCUT2D eigenvalue weighted by Gasteiger charge is -2.23. The van der Waals surface area contributed by atoms with Crippen LogP contribution in [-0.4, -0.2) is 28.9 Å². The van der Waals surface area contributed by atoms with Crippen molar-refractivity contribution in [1.29, 1.82) is 0 Å². The number of aliphatic hydroxyl groups is 1. The number of Topliss-reactive ketones (excluding diaryl/α,β-unsaturated/α-hetero) is 1. The maximum Gasteiger partial charge on any atom is 0.301 e. The summed E-state index contributed by atoms with van der Waals surface area (Å²) in [7, 11) is 1.43. The molecule has 1 aliphatic rings. The monoisotopic (exact) mass is 552 g/mol. The number of aromatic nitrogens is 1.